The van der Waals surface area contributed by atoms with E-state index in [1.54, 1.807) is 20.8 Å². The highest BCUT2D eigenvalue weighted by Gasteiger charge is 2.28. The Labute approximate surface area is 67.0 Å². The highest BCUT2D eigenvalue weighted by atomic mass is 32.1. The Balaban J connectivity index is 4.19. The first kappa shape index (κ1) is 9.98. The first-order valence-electron chi connectivity index (χ1n) is 3.25. The predicted octanol–water partition coefficient (Wildman–Crippen LogP) is 0.892. The maximum Gasteiger partial charge on any atom is 0.153 e. The van der Waals surface area contributed by atoms with E-state index in [9.17, 15) is 4.79 Å². The van der Waals surface area contributed by atoms with Gasteiger partial charge in [-0.2, -0.15) is 12.6 Å². The van der Waals surface area contributed by atoms with Gasteiger partial charge in [0.25, 0.3) is 0 Å². The highest BCUT2D eigenvalue weighted by Crippen LogP contribution is 2.19. The molecule has 0 rings (SSSR count). The maximum absolute atomic E-state index is 11.2. The number of rotatable bonds is 3. The van der Waals surface area contributed by atoms with Crippen LogP contribution in [-0.4, -0.2) is 22.7 Å². The minimum Gasteiger partial charge on any atom is -0.395 e. The standard InChI is InChI=1S/C7H14O2S/c1-5(10)6(9)7(2,3)4-8/h5,8,10H,4H2,1-3H3. The van der Waals surface area contributed by atoms with E-state index in [-0.39, 0.29) is 17.6 Å². The molecule has 0 saturated heterocycles. The van der Waals surface area contributed by atoms with Crippen molar-refractivity contribution in [2.24, 2.45) is 5.41 Å². The molecule has 0 aliphatic heterocycles. The van der Waals surface area contributed by atoms with E-state index in [1.165, 1.54) is 0 Å². The van der Waals surface area contributed by atoms with Gasteiger partial charge in [-0.1, -0.05) is 13.8 Å². The van der Waals surface area contributed by atoms with Crippen molar-refractivity contribution in [2.75, 3.05) is 6.61 Å². The largest absolute Gasteiger partial charge is 0.395 e. The molecule has 0 aromatic heterocycles. The molecule has 1 unspecified atom stereocenters. The van der Waals surface area contributed by atoms with Crippen molar-refractivity contribution in [2.45, 2.75) is 26.0 Å². The number of carbonyl (C=O) groups excluding carboxylic acids is 1. The molecule has 1 atom stereocenters. The fraction of sp³-hybridized carbons (Fsp3) is 0.857. The zero-order valence-corrected chi connectivity index (χ0v) is 7.48. The summed E-state index contributed by atoms with van der Waals surface area (Å²) in [5.41, 5.74) is -0.638. The summed E-state index contributed by atoms with van der Waals surface area (Å²) in [6.45, 7) is 5.02. The Morgan fingerprint density at radius 2 is 2.10 bits per heavy atom. The average molecular weight is 162 g/mol. The summed E-state index contributed by atoms with van der Waals surface area (Å²) >= 11 is 3.98. The van der Waals surface area contributed by atoms with Crippen LogP contribution in [0.3, 0.4) is 0 Å². The molecule has 1 N–H and O–H groups in total. The van der Waals surface area contributed by atoms with Crippen molar-refractivity contribution in [1.82, 2.24) is 0 Å². The molecule has 0 bridgehead atoms. The number of aliphatic hydroxyl groups is 1. The van der Waals surface area contributed by atoms with Crippen molar-refractivity contribution in [3.05, 3.63) is 0 Å². The molecule has 0 heterocycles. The van der Waals surface area contributed by atoms with Crippen LogP contribution in [-0.2, 0) is 4.79 Å². The molecule has 0 aliphatic rings. The summed E-state index contributed by atoms with van der Waals surface area (Å²) in [6.07, 6.45) is 0. The van der Waals surface area contributed by atoms with Gasteiger partial charge in [-0.05, 0) is 6.92 Å². The van der Waals surface area contributed by atoms with E-state index < -0.39 is 5.41 Å². The van der Waals surface area contributed by atoms with E-state index in [1.807, 2.05) is 0 Å². The Kier molecular flexibility index (Phi) is 3.39. The van der Waals surface area contributed by atoms with Gasteiger partial charge in [0, 0.05) is 5.41 Å². The van der Waals surface area contributed by atoms with E-state index in [0.717, 1.165) is 0 Å². The zero-order chi connectivity index (χ0) is 8.36. The number of thiol groups is 1. The number of hydrogen-bond donors (Lipinski definition) is 2. The number of carbonyl (C=O) groups is 1. The van der Waals surface area contributed by atoms with Gasteiger partial charge in [-0.3, -0.25) is 4.79 Å². The van der Waals surface area contributed by atoms with Crippen LogP contribution in [0.2, 0.25) is 0 Å². The van der Waals surface area contributed by atoms with Crippen LogP contribution in [0.4, 0.5) is 0 Å². The van der Waals surface area contributed by atoms with Crippen LogP contribution in [0.15, 0.2) is 0 Å². The van der Waals surface area contributed by atoms with E-state index >= 15 is 0 Å². The third-order valence-electron chi connectivity index (χ3n) is 1.44. The molecule has 0 aromatic rings. The van der Waals surface area contributed by atoms with Crippen LogP contribution in [0.5, 0.6) is 0 Å². The quantitative estimate of drug-likeness (QED) is 0.605. The molecule has 0 spiro atoms. The summed E-state index contributed by atoms with van der Waals surface area (Å²) in [5.74, 6) is -0.0154. The van der Waals surface area contributed by atoms with Gasteiger partial charge in [0.05, 0.1) is 11.9 Å². The normalized spacial score (nSPS) is 14.9. The second-order valence-corrected chi connectivity index (χ2v) is 3.86. The molecule has 3 heteroatoms. The van der Waals surface area contributed by atoms with E-state index in [2.05, 4.69) is 12.6 Å². The van der Waals surface area contributed by atoms with Gasteiger partial charge in [-0.15, -0.1) is 0 Å². The molecule has 0 aromatic carbocycles. The van der Waals surface area contributed by atoms with Crippen molar-refractivity contribution < 1.29 is 9.90 Å². The summed E-state index contributed by atoms with van der Waals surface area (Å²) in [7, 11) is 0. The van der Waals surface area contributed by atoms with Gasteiger partial charge in [0.2, 0.25) is 0 Å². The Bertz CT molecular complexity index is 130. The minimum atomic E-state index is -0.638. The van der Waals surface area contributed by atoms with Crippen LogP contribution >= 0.6 is 12.6 Å². The lowest BCUT2D eigenvalue weighted by molar-refractivity contribution is -0.128. The second kappa shape index (κ2) is 3.39. The molecule has 0 amide bonds. The van der Waals surface area contributed by atoms with Crippen LogP contribution in [0, 0.1) is 5.41 Å². The van der Waals surface area contributed by atoms with Crippen molar-refractivity contribution >= 4 is 18.4 Å². The minimum absolute atomic E-state index is 0.0154. The van der Waals surface area contributed by atoms with Gasteiger partial charge < -0.3 is 5.11 Å². The third kappa shape index (κ3) is 2.31. The lowest BCUT2D eigenvalue weighted by Crippen LogP contribution is -2.33. The number of hydrogen-bond acceptors (Lipinski definition) is 3. The zero-order valence-electron chi connectivity index (χ0n) is 6.59. The SMILES string of the molecule is CC(S)C(=O)C(C)(C)CO. The molecular weight excluding hydrogens is 148 g/mol. The lowest BCUT2D eigenvalue weighted by Gasteiger charge is -2.21. The number of ketones is 1. The monoisotopic (exact) mass is 162 g/mol. The molecule has 0 aliphatic carbocycles. The third-order valence-corrected chi connectivity index (χ3v) is 1.68. The Hall–Kier alpha value is -0.0200. The van der Waals surface area contributed by atoms with Gasteiger partial charge in [0.15, 0.2) is 5.78 Å². The molecular formula is C7H14O2S. The first-order valence-corrected chi connectivity index (χ1v) is 3.76. The summed E-state index contributed by atoms with van der Waals surface area (Å²) < 4.78 is 0. The van der Waals surface area contributed by atoms with Crippen molar-refractivity contribution in [1.29, 1.82) is 0 Å². The number of aliphatic hydroxyl groups excluding tert-OH is 1. The molecule has 0 radical (unpaired) electrons. The Morgan fingerprint density at radius 1 is 1.70 bits per heavy atom. The summed E-state index contributed by atoms with van der Waals surface area (Å²) in [6, 6.07) is 0. The van der Waals surface area contributed by atoms with Gasteiger partial charge >= 0.3 is 0 Å². The Morgan fingerprint density at radius 3 is 2.20 bits per heavy atom. The smallest absolute Gasteiger partial charge is 0.153 e. The fourth-order valence-corrected chi connectivity index (χ4v) is 0.993. The van der Waals surface area contributed by atoms with Crippen LogP contribution in [0.1, 0.15) is 20.8 Å². The van der Waals surface area contributed by atoms with Gasteiger partial charge in [-0.25, -0.2) is 0 Å². The van der Waals surface area contributed by atoms with E-state index in [4.69, 9.17) is 5.11 Å². The maximum atomic E-state index is 11.2. The van der Waals surface area contributed by atoms with Crippen molar-refractivity contribution in [3.63, 3.8) is 0 Å². The van der Waals surface area contributed by atoms with Crippen LogP contribution in [0.25, 0.3) is 0 Å². The van der Waals surface area contributed by atoms with Crippen LogP contribution < -0.4 is 0 Å². The molecule has 2 nitrogen and oxygen atoms in total. The second-order valence-electron chi connectivity index (χ2n) is 3.08. The summed E-state index contributed by atoms with van der Waals surface area (Å²) in [5, 5.41) is 8.47. The summed E-state index contributed by atoms with van der Waals surface area (Å²) in [4.78, 5) is 11.2. The van der Waals surface area contributed by atoms with E-state index in [0.29, 0.717) is 0 Å². The first-order chi connectivity index (χ1) is 4.41. The van der Waals surface area contributed by atoms with Crippen molar-refractivity contribution in [3.8, 4) is 0 Å². The molecule has 60 valence electrons. The lowest BCUT2D eigenvalue weighted by atomic mass is 9.88. The molecule has 10 heavy (non-hydrogen) atoms. The highest BCUT2D eigenvalue weighted by molar-refractivity contribution is 7.81. The fourth-order valence-electron chi connectivity index (χ4n) is 0.643. The molecule has 0 saturated carbocycles. The number of Topliss-reactive ketones (excluding diaryl/α,β-unsaturated/α-hetero) is 1. The molecule has 0 fully saturated rings. The van der Waals surface area contributed by atoms with Gasteiger partial charge in [0.1, 0.15) is 0 Å². The predicted molar refractivity (Wildman–Crippen MR) is 44.3 cm³/mol. The topological polar surface area (TPSA) is 37.3 Å². The average Bonchev–Trinajstić information content (AvgIpc) is 1.86.